The van der Waals surface area contributed by atoms with Gasteiger partial charge in [-0.1, -0.05) is 34.1 Å². The third-order valence-electron chi connectivity index (χ3n) is 4.67. The van der Waals surface area contributed by atoms with E-state index >= 15 is 0 Å². The molecule has 0 radical (unpaired) electrons. The molecule has 33 heavy (non-hydrogen) atoms. The van der Waals surface area contributed by atoms with Crippen LogP contribution in [0.3, 0.4) is 0 Å². The van der Waals surface area contributed by atoms with Gasteiger partial charge in [0.2, 0.25) is 5.91 Å². The molecule has 0 fully saturated rings. The number of halogens is 1. The van der Waals surface area contributed by atoms with Crippen molar-refractivity contribution < 1.29 is 35.4 Å². The Hall–Kier alpha value is -4.11. The van der Waals surface area contributed by atoms with Crippen LogP contribution in [0.4, 0.5) is 0 Å². The number of nitrogens with one attached hydrogen (secondary N) is 1. The highest BCUT2D eigenvalue weighted by Gasteiger charge is 2.10. The van der Waals surface area contributed by atoms with Crippen molar-refractivity contribution in [3.8, 4) is 34.5 Å². The van der Waals surface area contributed by atoms with E-state index in [1.165, 1.54) is 54.6 Å². The third kappa shape index (κ3) is 5.78. The third-order valence-corrected chi connectivity index (χ3v) is 5.36. The van der Waals surface area contributed by atoms with E-state index in [0.29, 0.717) is 21.2 Å². The zero-order valence-electron chi connectivity index (χ0n) is 17.0. The highest BCUT2D eigenvalue weighted by molar-refractivity contribution is 9.10. The molecule has 8 nitrogen and oxygen atoms in total. The van der Waals surface area contributed by atoms with E-state index in [2.05, 4.69) is 21.2 Å². The first-order chi connectivity index (χ1) is 15.7. The van der Waals surface area contributed by atoms with E-state index in [0.717, 1.165) is 0 Å². The summed E-state index contributed by atoms with van der Waals surface area (Å²) < 4.78 is 0.491. The summed E-state index contributed by atoms with van der Waals surface area (Å²) in [6, 6.07) is 9.64. The lowest BCUT2D eigenvalue weighted by Gasteiger charge is -2.08. The molecule has 0 bridgehead atoms. The molecule has 0 unspecified atom stereocenters. The van der Waals surface area contributed by atoms with Gasteiger partial charge in [0.1, 0.15) is 0 Å². The van der Waals surface area contributed by atoms with Gasteiger partial charge in [-0.05, 0) is 59.2 Å². The van der Waals surface area contributed by atoms with Gasteiger partial charge in [0, 0.05) is 22.7 Å². The van der Waals surface area contributed by atoms with Gasteiger partial charge in [-0.15, -0.1) is 0 Å². The molecule has 0 saturated heterocycles. The first-order valence-electron chi connectivity index (χ1n) is 9.57. The van der Waals surface area contributed by atoms with Crippen LogP contribution < -0.4 is 5.32 Å². The van der Waals surface area contributed by atoms with Crippen LogP contribution in [0.1, 0.15) is 22.3 Å². The summed E-state index contributed by atoms with van der Waals surface area (Å²) in [6.07, 6.45) is 5.73. The lowest BCUT2D eigenvalue weighted by Crippen LogP contribution is -2.20. The molecule has 3 rings (SSSR count). The number of carbonyl (C=O) groups is 1. The quantitative estimate of drug-likeness (QED) is 0.148. The monoisotopic (exact) mass is 513 g/mol. The van der Waals surface area contributed by atoms with E-state index in [9.17, 15) is 35.4 Å². The molecule has 1 amide bonds. The summed E-state index contributed by atoms with van der Waals surface area (Å²) in [7, 11) is 0. The highest BCUT2D eigenvalue weighted by Crippen LogP contribution is 2.36. The van der Waals surface area contributed by atoms with E-state index in [1.807, 2.05) is 0 Å². The van der Waals surface area contributed by atoms with Crippen LogP contribution in [0, 0.1) is 0 Å². The molecule has 170 valence electrons. The minimum atomic E-state index is -0.448. The Bertz CT molecular complexity index is 1270. The molecule has 0 heterocycles. The lowest BCUT2D eigenvalue weighted by molar-refractivity contribution is -0.116. The number of amides is 1. The second-order valence-corrected chi connectivity index (χ2v) is 7.86. The second-order valence-electron chi connectivity index (χ2n) is 7.01. The maximum absolute atomic E-state index is 12.2. The van der Waals surface area contributed by atoms with E-state index in [4.69, 9.17) is 0 Å². The van der Waals surface area contributed by atoms with Gasteiger partial charge in [0.05, 0.1) is 0 Å². The average molecular weight is 514 g/mol. The summed E-state index contributed by atoms with van der Waals surface area (Å²) in [6.45, 7) is 0.114. The minimum absolute atomic E-state index is 0.114. The maximum Gasteiger partial charge on any atom is 0.244 e. The number of rotatable bonds is 6. The first kappa shape index (κ1) is 23.6. The summed E-state index contributed by atoms with van der Waals surface area (Å²) >= 11 is 3.27. The minimum Gasteiger partial charge on any atom is -0.504 e. The smallest absolute Gasteiger partial charge is 0.244 e. The number of hydrogen-bond acceptors (Lipinski definition) is 7. The molecule has 0 aliphatic rings. The van der Waals surface area contributed by atoms with Gasteiger partial charge < -0.3 is 36.0 Å². The summed E-state index contributed by atoms with van der Waals surface area (Å²) in [4.78, 5) is 12.2. The van der Waals surface area contributed by atoms with Crippen LogP contribution in [-0.4, -0.2) is 36.5 Å². The Balaban J connectivity index is 1.80. The van der Waals surface area contributed by atoms with Crippen molar-refractivity contribution in [2.75, 3.05) is 0 Å². The molecule has 0 aliphatic heterocycles. The standard InChI is InChI=1S/C24H20BrNO7/c25-17-11-22(31)21(30)10-15(17)2-5-16-14(3-7-19(28)24(16)33)4-8-23(32)26-12-13-1-6-18(27)20(29)9-13/h1-11,27-31,33H,12H2,(H,26,32)/b5-2+,8-4+. The van der Waals surface area contributed by atoms with E-state index < -0.39 is 11.7 Å². The zero-order valence-corrected chi connectivity index (χ0v) is 18.6. The van der Waals surface area contributed by atoms with Gasteiger partial charge in [0.25, 0.3) is 0 Å². The Morgan fingerprint density at radius 3 is 2.15 bits per heavy atom. The van der Waals surface area contributed by atoms with Crippen molar-refractivity contribution in [3.63, 3.8) is 0 Å². The Kier molecular flexibility index (Phi) is 7.14. The first-order valence-corrected chi connectivity index (χ1v) is 10.4. The van der Waals surface area contributed by atoms with Gasteiger partial charge in [-0.3, -0.25) is 4.79 Å². The van der Waals surface area contributed by atoms with Crippen molar-refractivity contribution in [2.45, 2.75) is 6.54 Å². The van der Waals surface area contributed by atoms with E-state index in [1.54, 1.807) is 12.1 Å². The van der Waals surface area contributed by atoms with Crippen LogP contribution in [-0.2, 0) is 11.3 Å². The van der Waals surface area contributed by atoms with Crippen LogP contribution in [0.25, 0.3) is 18.2 Å². The molecule has 3 aromatic rings. The van der Waals surface area contributed by atoms with E-state index in [-0.39, 0.29) is 40.9 Å². The largest absolute Gasteiger partial charge is 0.504 e. The number of phenolic OH excluding ortho intramolecular Hbond substituents is 6. The molecule has 3 aromatic carbocycles. The van der Waals surface area contributed by atoms with Gasteiger partial charge in [-0.25, -0.2) is 0 Å². The molecule has 9 heteroatoms. The van der Waals surface area contributed by atoms with Crippen molar-refractivity contribution >= 4 is 40.1 Å². The molecular formula is C24H20BrNO7. The molecule has 0 spiro atoms. The molecule has 0 atom stereocenters. The lowest BCUT2D eigenvalue weighted by atomic mass is 10.0. The van der Waals surface area contributed by atoms with Crippen LogP contribution in [0.2, 0.25) is 0 Å². The van der Waals surface area contributed by atoms with Crippen LogP contribution >= 0.6 is 15.9 Å². The SMILES string of the molecule is O=C(/C=C/c1ccc(O)c(O)c1/C=C/c1cc(O)c(O)cc1Br)NCc1ccc(O)c(O)c1. The topological polar surface area (TPSA) is 150 Å². The fourth-order valence-corrected chi connectivity index (χ4v) is 3.36. The number of carbonyl (C=O) groups excluding carboxylic acids is 1. The number of phenols is 6. The average Bonchev–Trinajstić information content (AvgIpc) is 2.77. The summed E-state index contributed by atoms with van der Waals surface area (Å²) in [5, 5.41) is 60.9. The fourth-order valence-electron chi connectivity index (χ4n) is 2.89. The Labute approximate surface area is 197 Å². The molecule has 7 N–H and O–H groups in total. The molecular weight excluding hydrogens is 494 g/mol. The maximum atomic E-state index is 12.2. The molecule has 0 aromatic heterocycles. The second kappa shape index (κ2) is 10.0. The number of hydrogen-bond donors (Lipinski definition) is 7. The Morgan fingerprint density at radius 1 is 0.758 bits per heavy atom. The van der Waals surface area contributed by atoms with Crippen LogP contribution in [0.15, 0.2) is 53.0 Å². The Morgan fingerprint density at radius 2 is 1.42 bits per heavy atom. The fraction of sp³-hybridized carbons (Fsp3) is 0.0417. The highest BCUT2D eigenvalue weighted by atomic mass is 79.9. The van der Waals surface area contributed by atoms with Gasteiger partial charge >= 0.3 is 0 Å². The van der Waals surface area contributed by atoms with Crippen LogP contribution in [0.5, 0.6) is 34.5 Å². The number of aromatic hydroxyl groups is 6. The zero-order chi connectivity index (χ0) is 24.1. The van der Waals surface area contributed by atoms with Crippen molar-refractivity contribution in [2.24, 2.45) is 0 Å². The van der Waals surface area contributed by atoms with Crippen molar-refractivity contribution in [1.82, 2.24) is 5.32 Å². The number of benzene rings is 3. The van der Waals surface area contributed by atoms with Gasteiger partial charge in [0.15, 0.2) is 34.5 Å². The summed E-state index contributed by atoms with van der Waals surface area (Å²) in [5.41, 5.74) is 1.73. The molecule has 0 saturated carbocycles. The molecule has 0 aliphatic carbocycles. The predicted octanol–water partition coefficient (Wildman–Crippen LogP) is 4.18. The summed E-state index contributed by atoms with van der Waals surface area (Å²) in [5.74, 6) is -2.36. The van der Waals surface area contributed by atoms with Crippen molar-refractivity contribution in [1.29, 1.82) is 0 Å². The predicted molar refractivity (Wildman–Crippen MR) is 127 cm³/mol. The van der Waals surface area contributed by atoms with Gasteiger partial charge in [-0.2, -0.15) is 0 Å². The van der Waals surface area contributed by atoms with Crippen molar-refractivity contribution in [3.05, 3.63) is 75.3 Å². The normalized spacial score (nSPS) is 11.3.